The van der Waals surface area contributed by atoms with Crippen molar-refractivity contribution in [1.82, 2.24) is 24.9 Å². The highest BCUT2D eigenvalue weighted by molar-refractivity contribution is 7.10. The number of hydrogen-bond acceptors (Lipinski definition) is 6. The summed E-state index contributed by atoms with van der Waals surface area (Å²) in [6.45, 7) is 0.633. The minimum atomic E-state index is -0.257. The molecule has 8 heteroatoms. The predicted octanol–water partition coefficient (Wildman–Crippen LogP) is -0.0858. The van der Waals surface area contributed by atoms with Crippen LogP contribution < -0.4 is 10.6 Å². The number of H-pyrrole nitrogens is 1. The molecule has 1 aliphatic rings. The Labute approximate surface area is 101 Å². The number of hydrogen-bond donors (Lipinski definition) is 3. The molecule has 0 radical (unpaired) electrons. The second-order valence-electron chi connectivity index (χ2n) is 3.74. The third kappa shape index (κ3) is 2.04. The van der Waals surface area contributed by atoms with Gasteiger partial charge in [0.15, 0.2) is 0 Å². The Morgan fingerprint density at radius 2 is 2.53 bits per heavy atom. The molecule has 0 saturated heterocycles. The monoisotopic (exact) mass is 250 g/mol. The topological polar surface area (TPSA) is 95.6 Å². The molecule has 0 aliphatic carbocycles. The van der Waals surface area contributed by atoms with Gasteiger partial charge < -0.3 is 10.3 Å². The fraction of sp³-hybridized carbons (Fsp3) is 0.333. The van der Waals surface area contributed by atoms with E-state index in [0.29, 0.717) is 18.0 Å². The van der Waals surface area contributed by atoms with E-state index in [1.807, 2.05) is 0 Å². The van der Waals surface area contributed by atoms with Gasteiger partial charge in [-0.05, 0) is 0 Å². The van der Waals surface area contributed by atoms with Gasteiger partial charge in [0.1, 0.15) is 5.00 Å². The maximum absolute atomic E-state index is 11.9. The van der Waals surface area contributed by atoms with Crippen LogP contribution in [0.2, 0.25) is 0 Å². The van der Waals surface area contributed by atoms with Crippen LogP contribution in [0, 0.1) is 0 Å². The average molecular weight is 250 g/mol. The van der Waals surface area contributed by atoms with Gasteiger partial charge in [-0.1, -0.05) is 4.49 Å². The van der Waals surface area contributed by atoms with Gasteiger partial charge in [-0.3, -0.25) is 10.1 Å². The molecule has 3 rings (SSSR count). The predicted molar refractivity (Wildman–Crippen MR) is 61.5 cm³/mol. The summed E-state index contributed by atoms with van der Waals surface area (Å²) in [5.74, 6) is -0.0790. The first-order valence-corrected chi connectivity index (χ1v) is 5.93. The summed E-state index contributed by atoms with van der Waals surface area (Å²) >= 11 is 1.16. The largest absolute Gasteiger partial charge is 0.347 e. The van der Waals surface area contributed by atoms with E-state index in [-0.39, 0.29) is 11.9 Å². The lowest BCUT2D eigenvalue weighted by Crippen LogP contribution is -2.44. The van der Waals surface area contributed by atoms with Crippen molar-refractivity contribution in [2.24, 2.45) is 0 Å². The number of carbonyl (C=O) groups is 1. The molecule has 3 N–H and O–H groups in total. The lowest BCUT2D eigenvalue weighted by Gasteiger charge is -2.21. The third-order valence-electron chi connectivity index (χ3n) is 2.65. The van der Waals surface area contributed by atoms with Crippen molar-refractivity contribution in [1.29, 1.82) is 0 Å². The van der Waals surface area contributed by atoms with Crippen LogP contribution in [-0.2, 0) is 17.8 Å². The van der Waals surface area contributed by atoms with Crippen LogP contribution in [0.1, 0.15) is 11.4 Å². The number of fused-ring (bicyclic) bond motifs is 1. The molecule has 1 atom stereocenters. The summed E-state index contributed by atoms with van der Waals surface area (Å²) in [6, 6.07) is -0.257. The Balaban J connectivity index is 1.68. The van der Waals surface area contributed by atoms with Crippen molar-refractivity contribution in [2.75, 3.05) is 5.32 Å². The number of nitrogens with one attached hydrogen (secondary N) is 3. The fourth-order valence-electron chi connectivity index (χ4n) is 1.79. The van der Waals surface area contributed by atoms with Gasteiger partial charge in [0, 0.05) is 24.5 Å². The summed E-state index contributed by atoms with van der Waals surface area (Å²) in [5, 5.41) is 10.2. The van der Waals surface area contributed by atoms with E-state index in [1.165, 1.54) is 6.20 Å². The summed E-state index contributed by atoms with van der Waals surface area (Å²) in [5.41, 5.74) is 2.00. The molecule has 2 aromatic rings. The van der Waals surface area contributed by atoms with Gasteiger partial charge in [0.25, 0.3) is 0 Å². The van der Waals surface area contributed by atoms with Crippen molar-refractivity contribution >= 4 is 22.4 Å². The first-order valence-electron chi connectivity index (χ1n) is 5.15. The van der Waals surface area contributed by atoms with Gasteiger partial charge >= 0.3 is 0 Å². The van der Waals surface area contributed by atoms with Crippen LogP contribution in [0.4, 0.5) is 5.00 Å². The zero-order valence-electron chi connectivity index (χ0n) is 8.80. The SMILES string of the molecule is O=C(Nc1cnns1)C1Cc2nc[nH]c2CN1. The Morgan fingerprint density at radius 3 is 3.35 bits per heavy atom. The second kappa shape index (κ2) is 4.22. The van der Waals surface area contributed by atoms with Crippen LogP contribution in [0.15, 0.2) is 12.5 Å². The number of aromatic amines is 1. The minimum absolute atomic E-state index is 0.0790. The molecular formula is C9H10N6OS. The molecule has 0 spiro atoms. The first-order chi connectivity index (χ1) is 8.33. The van der Waals surface area contributed by atoms with E-state index >= 15 is 0 Å². The van der Waals surface area contributed by atoms with Gasteiger partial charge in [0.2, 0.25) is 5.91 Å². The minimum Gasteiger partial charge on any atom is -0.347 e. The molecule has 0 bridgehead atoms. The number of carbonyl (C=O) groups excluding carboxylic acids is 1. The number of anilines is 1. The molecule has 7 nitrogen and oxygen atoms in total. The van der Waals surface area contributed by atoms with E-state index in [2.05, 4.69) is 30.2 Å². The lowest BCUT2D eigenvalue weighted by atomic mass is 10.1. The van der Waals surface area contributed by atoms with E-state index in [4.69, 9.17) is 0 Å². The number of aromatic nitrogens is 4. The van der Waals surface area contributed by atoms with Gasteiger partial charge in [-0.15, -0.1) is 5.10 Å². The van der Waals surface area contributed by atoms with Crippen LogP contribution >= 0.6 is 11.5 Å². The summed E-state index contributed by atoms with van der Waals surface area (Å²) in [4.78, 5) is 19.2. The van der Waals surface area contributed by atoms with Gasteiger partial charge in [-0.2, -0.15) is 0 Å². The first kappa shape index (κ1) is 10.4. The Hall–Kier alpha value is -1.80. The zero-order chi connectivity index (χ0) is 11.7. The smallest absolute Gasteiger partial charge is 0.242 e. The standard InChI is InChI=1S/C9H10N6OS/c16-9(14-8-3-13-15-17-8)6-1-5-7(2-10-6)12-4-11-5/h3-4,6,10H,1-2H2,(H,11,12)(H,14,16). The van der Waals surface area contributed by atoms with E-state index in [1.54, 1.807) is 6.33 Å². The molecular weight excluding hydrogens is 240 g/mol. The molecule has 1 amide bonds. The van der Waals surface area contributed by atoms with E-state index in [0.717, 1.165) is 22.9 Å². The molecule has 0 aromatic carbocycles. The van der Waals surface area contributed by atoms with E-state index in [9.17, 15) is 4.79 Å². The third-order valence-corrected chi connectivity index (χ3v) is 3.23. The maximum atomic E-state index is 11.9. The van der Waals surface area contributed by atoms with Gasteiger partial charge in [-0.25, -0.2) is 4.98 Å². The van der Waals surface area contributed by atoms with Crippen molar-refractivity contribution in [3.8, 4) is 0 Å². The van der Waals surface area contributed by atoms with Crippen LogP contribution in [0.5, 0.6) is 0 Å². The van der Waals surface area contributed by atoms with Crippen molar-refractivity contribution in [2.45, 2.75) is 19.0 Å². The molecule has 1 aliphatic heterocycles. The normalized spacial score (nSPS) is 18.7. The zero-order valence-corrected chi connectivity index (χ0v) is 9.62. The number of nitrogens with zero attached hydrogens (tertiary/aromatic N) is 3. The number of imidazole rings is 1. The van der Waals surface area contributed by atoms with Crippen molar-refractivity contribution in [3.63, 3.8) is 0 Å². The Kier molecular flexibility index (Phi) is 2.57. The molecule has 88 valence electrons. The van der Waals surface area contributed by atoms with Crippen molar-refractivity contribution < 1.29 is 4.79 Å². The number of amides is 1. The second-order valence-corrected chi connectivity index (χ2v) is 4.52. The molecule has 0 saturated carbocycles. The highest BCUT2D eigenvalue weighted by atomic mass is 32.1. The van der Waals surface area contributed by atoms with Crippen LogP contribution in [0.25, 0.3) is 0 Å². The number of rotatable bonds is 2. The fourth-order valence-corrected chi connectivity index (χ4v) is 2.21. The highest BCUT2D eigenvalue weighted by Gasteiger charge is 2.25. The summed E-state index contributed by atoms with van der Waals surface area (Å²) < 4.78 is 3.69. The summed E-state index contributed by atoms with van der Waals surface area (Å²) in [7, 11) is 0. The average Bonchev–Trinajstić information content (AvgIpc) is 2.97. The molecule has 17 heavy (non-hydrogen) atoms. The quantitative estimate of drug-likeness (QED) is 0.692. The maximum Gasteiger partial charge on any atom is 0.242 e. The highest BCUT2D eigenvalue weighted by Crippen LogP contribution is 2.15. The van der Waals surface area contributed by atoms with Crippen molar-refractivity contribution in [3.05, 3.63) is 23.9 Å². The van der Waals surface area contributed by atoms with Crippen LogP contribution in [0.3, 0.4) is 0 Å². The van der Waals surface area contributed by atoms with Crippen LogP contribution in [-0.4, -0.2) is 31.5 Å². The molecule has 0 fully saturated rings. The molecule has 2 aromatic heterocycles. The lowest BCUT2D eigenvalue weighted by molar-refractivity contribution is -0.118. The molecule has 3 heterocycles. The Morgan fingerprint density at radius 1 is 1.59 bits per heavy atom. The molecule has 1 unspecified atom stereocenters. The van der Waals surface area contributed by atoms with Gasteiger partial charge in [0.05, 0.1) is 30.0 Å². The van der Waals surface area contributed by atoms with E-state index < -0.39 is 0 Å². The Bertz CT molecular complexity index is 521. The summed E-state index contributed by atoms with van der Waals surface area (Å²) in [6.07, 6.45) is 3.78.